The average molecular weight is 298 g/mol. The van der Waals surface area contributed by atoms with Gasteiger partial charge in [0.25, 0.3) is 0 Å². The number of carbonyl (C=O) groups is 2. The minimum absolute atomic E-state index is 0.408. The van der Waals surface area contributed by atoms with Crippen LogP contribution in [0.15, 0.2) is 0 Å². The maximum atomic E-state index is 12.3. The minimum atomic E-state index is -1.15. The van der Waals surface area contributed by atoms with Crippen LogP contribution in [0, 0.1) is 0 Å². The molecule has 1 unspecified atom stereocenters. The number of hydrogen-bond acceptors (Lipinski definition) is 5. The number of aliphatic carboxylic acids is 1. The third-order valence-electron chi connectivity index (χ3n) is 3.58. The van der Waals surface area contributed by atoms with Crippen LogP contribution >= 0.6 is 11.3 Å². The largest absolute Gasteiger partial charge is 0.480 e. The molecule has 8 heteroatoms. The summed E-state index contributed by atoms with van der Waals surface area (Å²) in [7, 11) is 0. The lowest BCUT2D eigenvalue weighted by Crippen LogP contribution is -2.58. The van der Waals surface area contributed by atoms with Crippen LogP contribution < -0.4 is 5.32 Å². The van der Waals surface area contributed by atoms with Gasteiger partial charge >= 0.3 is 12.0 Å². The number of hydrogen-bond donors (Lipinski definition) is 2. The number of anilines is 1. The zero-order valence-electron chi connectivity index (χ0n) is 11.5. The van der Waals surface area contributed by atoms with Crippen LogP contribution in [0.2, 0.25) is 0 Å². The number of nitrogens with one attached hydrogen (secondary N) is 1. The Labute approximate surface area is 121 Å². The molecule has 0 bridgehead atoms. The third-order valence-corrected chi connectivity index (χ3v) is 4.56. The number of likely N-dealkylation sites (tertiary alicyclic amines) is 1. The van der Waals surface area contributed by atoms with Crippen molar-refractivity contribution >= 4 is 28.5 Å². The van der Waals surface area contributed by atoms with E-state index in [0.29, 0.717) is 18.1 Å². The predicted molar refractivity (Wildman–Crippen MR) is 74.9 cm³/mol. The molecule has 0 radical (unpaired) electrons. The number of carbonyl (C=O) groups excluding carboxylic acids is 1. The summed E-state index contributed by atoms with van der Waals surface area (Å²) in [6, 6.07) is -0.423. The van der Waals surface area contributed by atoms with Crippen molar-refractivity contribution in [3.05, 3.63) is 5.01 Å². The summed E-state index contributed by atoms with van der Waals surface area (Å²) in [6.07, 6.45) is 2.84. The van der Waals surface area contributed by atoms with E-state index in [1.165, 1.54) is 16.2 Å². The molecule has 1 aromatic heterocycles. The van der Waals surface area contributed by atoms with Crippen LogP contribution in [0.1, 0.15) is 38.1 Å². The molecule has 2 N–H and O–H groups in total. The van der Waals surface area contributed by atoms with Crippen LogP contribution in [0.4, 0.5) is 9.93 Å². The average Bonchev–Trinajstić information content (AvgIpc) is 2.86. The molecule has 2 heterocycles. The van der Waals surface area contributed by atoms with Crippen LogP contribution in [0.5, 0.6) is 0 Å². The maximum absolute atomic E-state index is 12.3. The molecule has 2 amide bonds. The minimum Gasteiger partial charge on any atom is -0.480 e. The highest BCUT2D eigenvalue weighted by Crippen LogP contribution is 2.29. The Morgan fingerprint density at radius 2 is 2.20 bits per heavy atom. The van der Waals surface area contributed by atoms with E-state index in [1.54, 1.807) is 6.92 Å². The van der Waals surface area contributed by atoms with Gasteiger partial charge < -0.3 is 10.0 Å². The van der Waals surface area contributed by atoms with Crippen LogP contribution in [0.3, 0.4) is 0 Å². The maximum Gasteiger partial charge on any atom is 0.329 e. The number of rotatable bonds is 3. The Kier molecular flexibility index (Phi) is 4.22. The summed E-state index contributed by atoms with van der Waals surface area (Å²) in [6.45, 7) is 3.98. The smallest absolute Gasteiger partial charge is 0.329 e. The van der Waals surface area contributed by atoms with Crippen LogP contribution in [-0.2, 0) is 11.2 Å². The third kappa shape index (κ3) is 2.74. The van der Waals surface area contributed by atoms with Crippen LogP contribution in [-0.4, -0.2) is 44.3 Å². The van der Waals surface area contributed by atoms with Gasteiger partial charge in [-0.15, -0.1) is 10.2 Å². The Balaban J connectivity index is 2.12. The van der Waals surface area contributed by atoms with Gasteiger partial charge in [-0.25, -0.2) is 9.59 Å². The van der Waals surface area contributed by atoms with E-state index in [-0.39, 0.29) is 0 Å². The van der Waals surface area contributed by atoms with Crippen molar-refractivity contribution in [3.63, 3.8) is 0 Å². The number of nitrogens with zero attached hydrogens (tertiary/aromatic N) is 3. The van der Waals surface area contributed by atoms with Crippen molar-refractivity contribution in [1.82, 2.24) is 15.1 Å². The Hall–Kier alpha value is -1.70. The van der Waals surface area contributed by atoms with Crippen molar-refractivity contribution in [2.24, 2.45) is 0 Å². The molecular weight excluding hydrogens is 280 g/mol. The van der Waals surface area contributed by atoms with Gasteiger partial charge in [-0.3, -0.25) is 5.32 Å². The topological polar surface area (TPSA) is 95.4 Å². The van der Waals surface area contributed by atoms with Gasteiger partial charge in [0.1, 0.15) is 10.5 Å². The summed E-state index contributed by atoms with van der Waals surface area (Å²) < 4.78 is 0. The van der Waals surface area contributed by atoms with E-state index in [0.717, 1.165) is 24.3 Å². The molecule has 2 rings (SSSR count). The van der Waals surface area contributed by atoms with Crippen molar-refractivity contribution in [2.75, 3.05) is 11.9 Å². The number of aryl methyl sites for hydroxylation is 1. The first kappa shape index (κ1) is 14.7. The van der Waals surface area contributed by atoms with Gasteiger partial charge in [-0.05, 0) is 32.6 Å². The molecule has 1 saturated heterocycles. The number of urea groups is 1. The van der Waals surface area contributed by atoms with Crippen molar-refractivity contribution < 1.29 is 14.7 Å². The summed E-state index contributed by atoms with van der Waals surface area (Å²) in [4.78, 5) is 25.1. The molecule has 0 saturated carbocycles. The number of piperidine rings is 1. The highest BCUT2D eigenvalue weighted by molar-refractivity contribution is 7.15. The van der Waals surface area contributed by atoms with Crippen molar-refractivity contribution in [3.8, 4) is 0 Å². The fraction of sp³-hybridized carbons (Fsp3) is 0.667. The molecule has 1 aliphatic rings. The van der Waals surface area contributed by atoms with Gasteiger partial charge in [0.05, 0.1) is 0 Å². The standard InChI is InChI=1S/C12H18N4O3S/c1-3-8-14-15-10(20-8)13-11(19)16-7-5-4-6-12(16,2)9(17)18/h3-7H2,1-2H3,(H,17,18)(H,13,15,19). The lowest BCUT2D eigenvalue weighted by molar-refractivity contribution is -0.150. The number of aromatic nitrogens is 2. The van der Waals surface area contributed by atoms with Gasteiger partial charge in [-0.2, -0.15) is 0 Å². The lowest BCUT2D eigenvalue weighted by Gasteiger charge is -2.41. The molecular formula is C12H18N4O3S. The summed E-state index contributed by atoms with van der Waals surface area (Å²) in [5.74, 6) is -0.973. The molecule has 1 atom stereocenters. The van der Waals surface area contributed by atoms with Gasteiger partial charge in [-0.1, -0.05) is 18.3 Å². The molecule has 110 valence electrons. The zero-order valence-corrected chi connectivity index (χ0v) is 12.4. The predicted octanol–water partition coefficient (Wildman–Crippen LogP) is 1.96. The molecule has 7 nitrogen and oxygen atoms in total. The molecule has 1 fully saturated rings. The Morgan fingerprint density at radius 3 is 2.80 bits per heavy atom. The fourth-order valence-corrected chi connectivity index (χ4v) is 2.94. The van der Waals surface area contributed by atoms with Gasteiger partial charge in [0, 0.05) is 6.54 Å². The first-order chi connectivity index (χ1) is 9.47. The number of amides is 2. The van der Waals surface area contributed by atoms with E-state index in [4.69, 9.17) is 0 Å². The molecule has 0 aliphatic carbocycles. The zero-order chi connectivity index (χ0) is 14.8. The number of carboxylic acid groups (broad SMARTS) is 1. The summed E-state index contributed by atoms with van der Waals surface area (Å²) >= 11 is 1.31. The molecule has 1 aromatic rings. The second-order valence-electron chi connectivity index (χ2n) is 4.97. The van der Waals surface area contributed by atoms with Gasteiger partial charge in [0.2, 0.25) is 5.13 Å². The second kappa shape index (κ2) is 5.74. The Morgan fingerprint density at radius 1 is 1.45 bits per heavy atom. The fourth-order valence-electron chi connectivity index (χ4n) is 2.27. The Bertz CT molecular complexity index is 519. The quantitative estimate of drug-likeness (QED) is 0.889. The summed E-state index contributed by atoms with van der Waals surface area (Å²) in [5.41, 5.74) is -1.15. The molecule has 20 heavy (non-hydrogen) atoms. The van der Waals surface area contributed by atoms with E-state index >= 15 is 0 Å². The second-order valence-corrected chi connectivity index (χ2v) is 6.03. The first-order valence-corrected chi connectivity index (χ1v) is 7.43. The normalized spacial score (nSPS) is 22.6. The molecule has 0 aromatic carbocycles. The summed E-state index contributed by atoms with van der Waals surface area (Å²) in [5, 5.41) is 21.1. The lowest BCUT2D eigenvalue weighted by atomic mass is 9.89. The molecule has 0 spiro atoms. The van der Waals surface area contributed by atoms with Gasteiger partial charge in [0.15, 0.2) is 0 Å². The monoisotopic (exact) mass is 298 g/mol. The highest BCUT2D eigenvalue weighted by Gasteiger charge is 2.44. The van der Waals surface area contributed by atoms with E-state index in [2.05, 4.69) is 15.5 Å². The first-order valence-electron chi connectivity index (χ1n) is 6.61. The SMILES string of the molecule is CCc1nnc(NC(=O)N2CCCCC2(C)C(=O)O)s1. The molecule has 1 aliphatic heterocycles. The van der Waals surface area contributed by atoms with E-state index in [1.807, 2.05) is 6.92 Å². The van der Waals surface area contributed by atoms with Crippen LogP contribution in [0.25, 0.3) is 0 Å². The van der Waals surface area contributed by atoms with E-state index in [9.17, 15) is 14.7 Å². The number of carboxylic acids is 1. The van der Waals surface area contributed by atoms with Crippen molar-refractivity contribution in [2.45, 2.75) is 45.1 Å². The van der Waals surface area contributed by atoms with Crippen molar-refractivity contribution in [1.29, 1.82) is 0 Å². The highest BCUT2D eigenvalue weighted by atomic mass is 32.1. The van der Waals surface area contributed by atoms with E-state index < -0.39 is 17.5 Å².